The van der Waals surface area contributed by atoms with Crippen LogP contribution in [0, 0.1) is 0 Å². The maximum Gasteiger partial charge on any atom is 0.315 e. The zero-order valence-electron chi connectivity index (χ0n) is 16.0. The predicted molar refractivity (Wildman–Crippen MR) is 101 cm³/mol. The predicted octanol–water partition coefficient (Wildman–Crippen LogP) is 2.39. The maximum absolute atomic E-state index is 12.1. The highest BCUT2D eigenvalue weighted by atomic mass is 16.2. The van der Waals surface area contributed by atoms with Gasteiger partial charge in [-0.1, -0.05) is 32.1 Å². The third-order valence-electron chi connectivity index (χ3n) is 5.90. The van der Waals surface area contributed by atoms with Crippen LogP contribution in [0.15, 0.2) is 0 Å². The Labute approximate surface area is 152 Å². The summed E-state index contributed by atoms with van der Waals surface area (Å²) in [5.41, 5.74) is 0.133. The minimum Gasteiger partial charge on any atom is -0.354 e. The molecule has 3 amide bonds. The monoisotopic (exact) mass is 352 g/mol. The lowest BCUT2D eigenvalue weighted by molar-refractivity contribution is -0.121. The Morgan fingerprint density at radius 2 is 1.68 bits per heavy atom. The number of rotatable bonds is 8. The molecule has 0 heterocycles. The number of urea groups is 1. The molecule has 0 aromatic carbocycles. The van der Waals surface area contributed by atoms with Gasteiger partial charge in [0.25, 0.3) is 0 Å². The lowest BCUT2D eigenvalue weighted by Gasteiger charge is -2.36. The zero-order chi connectivity index (χ0) is 18.1. The highest BCUT2D eigenvalue weighted by Gasteiger charge is 2.35. The van der Waals surface area contributed by atoms with Crippen LogP contribution in [0.4, 0.5) is 4.79 Å². The summed E-state index contributed by atoms with van der Waals surface area (Å²) in [6, 6.07) is 0.232. The number of hydrogen-bond donors (Lipinski definition) is 3. The van der Waals surface area contributed by atoms with Gasteiger partial charge in [-0.25, -0.2) is 4.79 Å². The van der Waals surface area contributed by atoms with Gasteiger partial charge in [0.2, 0.25) is 5.91 Å². The molecule has 2 fully saturated rings. The van der Waals surface area contributed by atoms with E-state index < -0.39 is 0 Å². The van der Waals surface area contributed by atoms with Gasteiger partial charge in [0, 0.05) is 31.1 Å². The minimum atomic E-state index is -0.0928. The van der Waals surface area contributed by atoms with Gasteiger partial charge in [-0.2, -0.15) is 0 Å². The summed E-state index contributed by atoms with van der Waals surface area (Å²) in [6.07, 6.45) is 11.8. The summed E-state index contributed by atoms with van der Waals surface area (Å²) in [4.78, 5) is 26.2. The molecular formula is C19H36N4O2. The Hall–Kier alpha value is -1.30. The van der Waals surface area contributed by atoms with Gasteiger partial charge in [-0.05, 0) is 46.2 Å². The van der Waals surface area contributed by atoms with Crippen LogP contribution in [0.5, 0.6) is 0 Å². The molecule has 6 heteroatoms. The van der Waals surface area contributed by atoms with E-state index in [9.17, 15) is 9.59 Å². The van der Waals surface area contributed by atoms with Crippen LogP contribution in [0.2, 0.25) is 0 Å². The number of nitrogens with zero attached hydrogens (tertiary/aromatic N) is 1. The normalized spacial score (nSPS) is 20.4. The number of carbonyl (C=O) groups is 2. The summed E-state index contributed by atoms with van der Waals surface area (Å²) in [5.74, 6) is 0.0858. The molecule has 0 saturated heterocycles. The number of amides is 3. The molecule has 0 atom stereocenters. The van der Waals surface area contributed by atoms with Crippen LogP contribution in [0.1, 0.15) is 70.6 Å². The molecule has 2 aliphatic rings. The molecule has 6 nitrogen and oxygen atoms in total. The van der Waals surface area contributed by atoms with Crippen LogP contribution in [0.25, 0.3) is 0 Å². The van der Waals surface area contributed by atoms with E-state index in [0.29, 0.717) is 25.4 Å². The molecule has 0 aromatic rings. The van der Waals surface area contributed by atoms with E-state index in [2.05, 4.69) is 34.9 Å². The van der Waals surface area contributed by atoms with Gasteiger partial charge < -0.3 is 20.9 Å². The van der Waals surface area contributed by atoms with Crippen molar-refractivity contribution in [2.45, 2.75) is 82.2 Å². The summed E-state index contributed by atoms with van der Waals surface area (Å²) in [7, 11) is 4.21. The van der Waals surface area contributed by atoms with Gasteiger partial charge >= 0.3 is 6.03 Å². The van der Waals surface area contributed by atoms with E-state index in [4.69, 9.17) is 0 Å². The number of carbonyl (C=O) groups excluding carboxylic acids is 2. The Kier molecular flexibility index (Phi) is 8.00. The van der Waals surface area contributed by atoms with Crippen molar-refractivity contribution in [1.29, 1.82) is 0 Å². The third-order valence-corrected chi connectivity index (χ3v) is 5.90. The highest BCUT2D eigenvalue weighted by molar-refractivity contribution is 5.76. The molecule has 0 aromatic heterocycles. The molecule has 2 rings (SSSR count). The van der Waals surface area contributed by atoms with Crippen LogP contribution in [-0.2, 0) is 4.79 Å². The van der Waals surface area contributed by atoms with Crippen LogP contribution in [0.3, 0.4) is 0 Å². The third kappa shape index (κ3) is 6.49. The number of likely N-dealkylation sites (N-methyl/N-ethyl adjacent to an activating group) is 1. The van der Waals surface area contributed by atoms with Crippen molar-refractivity contribution >= 4 is 11.9 Å². The van der Waals surface area contributed by atoms with Gasteiger partial charge in [-0.15, -0.1) is 0 Å². The molecule has 25 heavy (non-hydrogen) atoms. The van der Waals surface area contributed by atoms with Crippen LogP contribution in [-0.4, -0.2) is 55.6 Å². The highest BCUT2D eigenvalue weighted by Crippen LogP contribution is 2.33. The lowest BCUT2D eigenvalue weighted by Crippen LogP contribution is -2.50. The van der Waals surface area contributed by atoms with E-state index in [-0.39, 0.29) is 17.5 Å². The van der Waals surface area contributed by atoms with E-state index in [0.717, 1.165) is 32.2 Å². The van der Waals surface area contributed by atoms with Crippen molar-refractivity contribution in [3.8, 4) is 0 Å². The second kappa shape index (κ2) is 10.00. The van der Waals surface area contributed by atoms with Gasteiger partial charge in [0.1, 0.15) is 0 Å². The molecule has 0 bridgehead atoms. The first-order valence-electron chi connectivity index (χ1n) is 10.0. The molecule has 0 radical (unpaired) electrons. The molecule has 144 valence electrons. The molecule has 2 aliphatic carbocycles. The number of hydrogen-bond acceptors (Lipinski definition) is 3. The quantitative estimate of drug-likeness (QED) is 0.587. The summed E-state index contributed by atoms with van der Waals surface area (Å²) < 4.78 is 0. The summed E-state index contributed by atoms with van der Waals surface area (Å²) in [6.45, 7) is 1.28. The summed E-state index contributed by atoms with van der Waals surface area (Å²) >= 11 is 0. The average Bonchev–Trinajstić information content (AvgIpc) is 3.08. The zero-order valence-corrected chi connectivity index (χ0v) is 16.0. The molecular weight excluding hydrogens is 316 g/mol. The van der Waals surface area contributed by atoms with E-state index in [1.807, 2.05) is 0 Å². The first kappa shape index (κ1) is 20.0. The average molecular weight is 353 g/mol. The Morgan fingerprint density at radius 3 is 2.32 bits per heavy atom. The largest absolute Gasteiger partial charge is 0.354 e. The standard InChI is InChI=1S/C19H36N4O2/c1-23(2)19(12-6-7-13-19)15-21-17(24)11-8-14-20-18(25)22-16-9-4-3-5-10-16/h16H,3-15H2,1-2H3,(H,21,24)(H2,20,22,25). The molecule has 0 aliphatic heterocycles. The smallest absolute Gasteiger partial charge is 0.315 e. The first-order valence-corrected chi connectivity index (χ1v) is 10.0. The Balaban J connectivity index is 1.55. The van der Waals surface area contributed by atoms with Crippen molar-refractivity contribution in [2.24, 2.45) is 0 Å². The van der Waals surface area contributed by atoms with Gasteiger partial charge in [0.05, 0.1) is 0 Å². The topological polar surface area (TPSA) is 73.5 Å². The van der Waals surface area contributed by atoms with Crippen molar-refractivity contribution in [2.75, 3.05) is 27.2 Å². The van der Waals surface area contributed by atoms with Crippen molar-refractivity contribution < 1.29 is 9.59 Å². The van der Waals surface area contributed by atoms with Crippen molar-refractivity contribution in [1.82, 2.24) is 20.9 Å². The van der Waals surface area contributed by atoms with Gasteiger partial charge in [-0.3, -0.25) is 4.79 Å². The minimum absolute atomic E-state index is 0.0858. The fourth-order valence-corrected chi connectivity index (χ4v) is 4.10. The van der Waals surface area contributed by atoms with E-state index in [1.165, 1.54) is 32.1 Å². The lowest BCUT2D eigenvalue weighted by atomic mass is 9.96. The Morgan fingerprint density at radius 1 is 1.00 bits per heavy atom. The first-order chi connectivity index (χ1) is 12.0. The number of nitrogens with one attached hydrogen (secondary N) is 3. The molecule has 3 N–H and O–H groups in total. The molecule has 0 spiro atoms. The Bertz CT molecular complexity index is 427. The molecule has 0 unspecified atom stereocenters. The SMILES string of the molecule is CN(C)C1(CNC(=O)CCCNC(=O)NC2CCCCC2)CCCC1. The second-order valence-corrected chi connectivity index (χ2v) is 7.94. The van der Waals surface area contributed by atoms with E-state index in [1.54, 1.807) is 0 Å². The fourth-order valence-electron chi connectivity index (χ4n) is 4.10. The second-order valence-electron chi connectivity index (χ2n) is 7.94. The van der Waals surface area contributed by atoms with E-state index >= 15 is 0 Å². The maximum atomic E-state index is 12.1. The van der Waals surface area contributed by atoms with Crippen LogP contribution >= 0.6 is 0 Å². The van der Waals surface area contributed by atoms with Gasteiger partial charge in [0.15, 0.2) is 0 Å². The summed E-state index contributed by atoms with van der Waals surface area (Å²) in [5, 5.41) is 8.99. The van der Waals surface area contributed by atoms with Crippen molar-refractivity contribution in [3.05, 3.63) is 0 Å². The van der Waals surface area contributed by atoms with Crippen molar-refractivity contribution in [3.63, 3.8) is 0 Å². The molecule has 2 saturated carbocycles. The van der Waals surface area contributed by atoms with Crippen LogP contribution < -0.4 is 16.0 Å². The fraction of sp³-hybridized carbons (Fsp3) is 0.895.